The van der Waals surface area contributed by atoms with E-state index in [0.29, 0.717) is 18.5 Å². The number of hydrogen-bond donors (Lipinski definition) is 1. The molecular formula is C13H24N2OS. The summed E-state index contributed by atoms with van der Waals surface area (Å²) in [5.74, 6) is 0.498. The summed E-state index contributed by atoms with van der Waals surface area (Å²) in [7, 11) is 0. The number of aliphatic hydroxyl groups is 1. The van der Waals surface area contributed by atoms with Gasteiger partial charge in [0.25, 0.3) is 0 Å². The van der Waals surface area contributed by atoms with Crippen molar-refractivity contribution in [3.05, 3.63) is 16.1 Å². The van der Waals surface area contributed by atoms with Crippen molar-refractivity contribution in [2.24, 2.45) is 0 Å². The zero-order valence-electron chi connectivity index (χ0n) is 11.5. The minimum atomic E-state index is -0.283. The third-order valence-electron chi connectivity index (χ3n) is 2.65. The molecule has 0 aliphatic rings. The summed E-state index contributed by atoms with van der Waals surface area (Å²) < 4.78 is 0. The van der Waals surface area contributed by atoms with E-state index < -0.39 is 0 Å². The van der Waals surface area contributed by atoms with Gasteiger partial charge in [-0.3, -0.25) is 4.90 Å². The van der Waals surface area contributed by atoms with Gasteiger partial charge in [-0.25, -0.2) is 4.98 Å². The predicted molar refractivity (Wildman–Crippen MR) is 73.4 cm³/mol. The second-order valence-electron chi connectivity index (χ2n) is 5.19. The van der Waals surface area contributed by atoms with E-state index in [1.165, 1.54) is 9.88 Å². The fourth-order valence-electron chi connectivity index (χ4n) is 1.66. The molecule has 0 aliphatic heterocycles. The molecule has 3 nitrogen and oxygen atoms in total. The highest BCUT2D eigenvalue weighted by atomic mass is 32.1. The van der Waals surface area contributed by atoms with Crippen LogP contribution in [-0.4, -0.2) is 33.7 Å². The van der Waals surface area contributed by atoms with Crippen molar-refractivity contribution in [1.29, 1.82) is 0 Å². The minimum absolute atomic E-state index is 0.283. The number of hydrogen-bond acceptors (Lipinski definition) is 4. The van der Waals surface area contributed by atoms with Crippen LogP contribution in [-0.2, 0) is 6.54 Å². The summed E-state index contributed by atoms with van der Waals surface area (Å²) in [6.45, 7) is 12.1. The van der Waals surface area contributed by atoms with Crippen molar-refractivity contribution in [2.45, 2.75) is 59.2 Å². The van der Waals surface area contributed by atoms with Crippen molar-refractivity contribution in [1.82, 2.24) is 9.88 Å². The first kappa shape index (κ1) is 14.6. The van der Waals surface area contributed by atoms with Crippen LogP contribution in [0.2, 0.25) is 0 Å². The Morgan fingerprint density at radius 1 is 1.29 bits per heavy atom. The summed E-state index contributed by atoms with van der Waals surface area (Å²) in [4.78, 5) is 8.00. The van der Waals surface area contributed by atoms with E-state index >= 15 is 0 Å². The van der Waals surface area contributed by atoms with Gasteiger partial charge in [0, 0.05) is 36.1 Å². The molecule has 0 aliphatic carbocycles. The third-order valence-corrected chi connectivity index (χ3v) is 3.94. The molecule has 0 radical (unpaired) electrons. The molecule has 98 valence electrons. The molecule has 1 unspecified atom stereocenters. The molecule has 1 heterocycles. The molecule has 0 bridgehead atoms. The Balaban J connectivity index is 2.65. The second-order valence-corrected chi connectivity index (χ2v) is 6.34. The van der Waals surface area contributed by atoms with Crippen molar-refractivity contribution >= 4 is 11.3 Å². The molecule has 1 atom stereocenters. The van der Waals surface area contributed by atoms with E-state index in [9.17, 15) is 5.11 Å². The van der Waals surface area contributed by atoms with Crippen molar-refractivity contribution in [3.8, 4) is 0 Å². The Bertz CT molecular complexity index is 334. The molecule has 1 aromatic heterocycles. The first-order valence-electron chi connectivity index (χ1n) is 6.26. The van der Waals surface area contributed by atoms with E-state index in [2.05, 4.69) is 37.6 Å². The lowest BCUT2D eigenvalue weighted by Gasteiger charge is -2.26. The van der Waals surface area contributed by atoms with E-state index in [4.69, 9.17) is 0 Å². The van der Waals surface area contributed by atoms with Crippen LogP contribution < -0.4 is 0 Å². The van der Waals surface area contributed by atoms with Gasteiger partial charge in [0.1, 0.15) is 0 Å². The Morgan fingerprint density at radius 3 is 2.35 bits per heavy atom. The van der Waals surface area contributed by atoms with E-state index in [1.807, 2.05) is 13.1 Å². The fraction of sp³-hybridized carbons (Fsp3) is 0.769. The topological polar surface area (TPSA) is 36.4 Å². The van der Waals surface area contributed by atoms with Crippen LogP contribution in [0.1, 0.15) is 50.4 Å². The summed E-state index contributed by atoms with van der Waals surface area (Å²) >= 11 is 1.78. The monoisotopic (exact) mass is 256 g/mol. The van der Waals surface area contributed by atoms with Crippen LogP contribution in [0.25, 0.3) is 0 Å². The molecule has 17 heavy (non-hydrogen) atoms. The zero-order valence-corrected chi connectivity index (χ0v) is 12.3. The summed E-state index contributed by atoms with van der Waals surface area (Å²) in [6.07, 6.45) is 1.69. The highest BCUT2D eigenvalue weighted by molar-refractivity contribution is 7.11. The molecule has 1 rings (SSSR count). The summed E-state index contributed by atoms with van der Waals surface area (Å²) in [6, 6.07) is 0.439. The maximum Gasteiger partial charge on any atom is 0.0953 e. The molecular weight excluding hydrogens is 232 g/mol. The van der Waals surface area contributed by atoms with Gasteiger partial charge in [-0.15, -0.1) is 11.3 Å². The lowest BCUT2D eigenvalue weighted by molar-refractivity contribution is 0.103. The van der Waals surface area contributed by atoms with Crippen molar-refractivity contribution < 1.29 is 5.11 Å². The average molecular weight is 256 g/mol. The number of rotatable bonds is 6. The Morgan fingerprint density at radius 2 is 1.94 bits per heavy atom. The lowest BCUT2D eigenvalue weighted by Crippen LogP contribution is -2.35. The van der Waals surface area contributed by atoms with Gasteiger partial charge in [0.15, 0.2) is 0 Å². The molecule has 0 amide bonds. The Kier molecular flexibility index (Phi) is 5.56. The highest BCUT2D eigenvalue weighted by Crippen LogP contribution is 2.22. The van der Waals surface area contributed by atoms with Crippen LogP contribution >= 0.6 is 11.3 Å². The summed E-state index contributed by atoms with van der Waals surface area (Å²) in [5.41, 5.74) is 0. The third kappa shape index (κ3) is 4.74. The van der Waals surface area contributed by atoms with Gasteiger partial charge in [0.05, 0.1) is 11.1 Å². The number of aliphatic hydroxyl groups excluding tert-OH is 1. The Labute approximate surface area is 108 Å². The number of thiazole rings is 1. The van der Waals surface area contributed by atoms with Gasteiger partial charge in [-0.1, -0.05) is 13.8 Å². The molecule has 1 N–H and O–H groups in total. The van der Waals surface area contributed by atoms with Crippen LogP contribution in [0, 0.1) is 0 Å². The second kappa shape index (κ2) is 6.47. The molecule has 0 spiro atoms. The van der Waals surface area contributed by atoms with Gasteiger partial charge in [0.2, 0.25) is 0 Å². The highest BCUT2D eigenvalue weighted by Gasteiger charge is 2.14. The smallest absolute Gasteiger partial charge is 0.0953 e. The minimum Gasteiger partial charge on any atom is -0.392 e. The van der Waals surface area contributed by atoms with Crippen LogP contribution in [0.5, 0.6) is 0 Å². The lowest BCUT2D eigenvalue weighted by atomic mass is 10.2. The Hall–Kier alpha value is -0.450. The fourth-order valence-corrected chi connectivity index (χ4v) is 2.61. The van der Waals surface area contributed by atoms with E-state index in [-0.39, 0.29) is 6.10 Å². The largest absolute Gasteiger partial charge is 0.392 e. The van der Waals surface area contributed by atoms with E-state index in [0.717, 1.165) is 6.54 Å². The van der Waals surface area contributed by atoms with Crippen LogP contribution in [0.3, 0.4) is 0 Å². The van der Waals surface area contributed by atoms with Crippen LogP contribution in [0.4, 0.5) is 0 Å². The zero-order chi connectivity index (χ0) is 13.0. The normalized spacial score (nSPS) is 13.9. The van der Waals surface area contributed by atoms with Gasteiger partial charge >= 0.3 is 0 Å². The SMILES string of the molecule is CC(O)CN(Cc1cnc(C(C)C)s1)C(C)C. The molecule has 0 fully saturated rings. The molecule has 4 heteroatoms. The molecule has 1 aromatic rings. The average Bonchev–Trinajstić information content (AvgIpc) is 2.64. The number of nitrogens with zero attached hydrogens (tertiary/aromatic N) is 2. The molecule has 0 aromatic carbocycles. The van der Waals surface area contributed by atoms with Crippen LogP contribution in [0.15, 0.2) is 6.20 Å². The van der Waals surface area contributed by atoms with E-state index in [1.54, 1.807) is 11.3 Å². The van der Waals surface area contributed by atoms with Gasteiger partial charge in [-0.05, 0) is 20.8 Å². The quantitative estimate of drug-likeness (QED) is 0.850. The first-order valence-corrected chi connectivity index (χ1v) is 7.08. The maximum absolute atomic E-state index is 9.49. The summed E-state index contributed by atoms with van der Waals surface area (Å²) in [5, 5.41) is 10.7. The molecule has 0 saturated heterocycles. The maximum atomic E-state index is 9.49. The number of aromatic nitrogens is 1. The molecule has 0 saturated carbocycles. The van der Waals surface area contributed by atoms with Crippen molar-refractivity contribution in [3.63, 3.8) is 0 Å². The standard InChI is InChI=1S/C13H24N2OS/c1-9(2)13-14-6-12(17-13)8-15(10(3)4)7-11(5)16/h6,9-11,16H,7-8H2,1-5H3. The predicted octanol–water partition coefficient (Wildman–Crippen LogP) is 2.86. The van der Waals surface area contributed by atoms with Gasteiger partial charge in [-0.2, -0.15) is 0 Å². The van der Waals surface area contributed by atoms with Gasteiger partial charge < -0.3 is 5.11 Å². The first-order chi connectivity index (χ1) is 7.90. The van der Waals surface area contributed by atoms with Crippen molar-refractivity contribution in [2.75, 3.05) is 6.54 Å².